The lowest BCUT2D eigenvalue weighted by Crippen LogP contribution is -2.62. The summed E-state index contributed by atoms with van der Waals surface area (Å²) < 4.78 is 12.9. The molecule has 4 N–H and O–H groups in total. The molecule has 0 aromatic heterocycles. The molecule has 1 saturated heterocycles. The molecule has 0 radical (unpaired) electrons. The first kappa shape index (κ1) is 15.1. The van der Waals surface area contributed by atoms with Gasteiger partial charge in [-0.2, -0.15) is 0 Å². The number of nitrogens with zero attached hydrogens (tertiary/aromatic N) is 1. The van der Waals surface area contributed by atoms with Gasteiger partial charge in [-0.05, 0) is 30.7 Å². The molecule has 21 heavy (non-hydrogen) atoms. The summed E-state index contributed by atoms with van der Waals surface area (Å²) in [6.45, 7) is 2.21. The van der Waals surface area contributed by atoms with E-state index in [1.54, 1.807) is 6.92 Å². The minimum atomic E-state index is -1.04. The molecule has 0 saturated carbocycles. The predicted molar refractivity (Wildman–Crippen MR) is 75.3 cm³/mol. The highest BCUT2D eigenvalue weighted by Gasteiger charge is 2.46. The molecule has 114 valence electrons. The van der Waals surface area contributed by atoms with Crippen LogP contribution in [0, 0.1) is 11.7 Å². The molecule has 1 fully saturated rings. The third kappa shape index (κ3) is 2.91. The molecule has 1 aliphatic rings. The molecule has 2 amide bonds. The molecular weight excluding hydrogens is 277 g/mol. The van der Waals surface area contributed by atoms with Crippen LogP contribution in [0.5, 0.6) is 0 Å². The number of amides is 2. The Morgan fingerprint density at radius 3 is 2.52 bits per heavy atom. The zero-order chi connectivity index (χ0) is 15.6. The zero-order valence-electron chi connectivity index (χ0n) is 11.7. The highest BCUT2D eigenvalue weighted by Crippen LogP contribution is 2.31. The van der Waals surface area contributed by atoms with Gasteiger partial charge in [-0.15, -0.1) is 0 Å². The summed E-state index contributed by atoms with van der Waals surface area (Å²) in [6.07, 6.45) is -0.741. The highest BCUT2D eigenvalue weighted by atomic mass is 19.1. The van der Waals surface area contributed by atoms with Crippen molar-refractivity contribution >= 4 is 17.7 Å². The number of nitrogens with two attached hydrogens (primary N) is 1. The van der Waals surface area contributed by atoms with Crippen LogP contribution in [-0.4, -0.2) is 40.6 Å². The Morgan fingerprint density at radius 2 is 2.05 bits per heavy atom. The summed E-state index contributed by atoms with van der Waals surface area (Å²) in [7, 11) is 0. The van der Waals surface area contributed by atoms with Crippen LogP contribution >= 0.6 is 0 Å². The smallest absolute Gasteiger partial charge is 0.407 e. The molecule has 0 spiro atoms. The molecule has 0 aliphatic carbocycles. The van der Waals surface area contributed by atoms with Crippen molar-refractivity contribution < 1.29 is 19.1 Å². The summed E-state index contributed by atoms with van der Waals surface area (Å²) in [5.74, 6) is -1.21. The second-order valence-electron chi connectivity index (χ2n) is 5.35. The number of likely N-dealkylation sites (tertiary alicyclic amines) is 1. The number of anilines is 1. The van der Waals surface area contributed by atoms with E-state index in [1.165, 1.54) is 29.2 Å². The lowest BCUT2D eigenvalue weighted by Gasteiger charge is -2.44. The van der Waals surface area contributed by atoms with Crippen molar-refractivity contribution in [1.82, 2.24) is 4.90 Å². The van der Waals surface area contributed by atoms with Gasteiger partial charge in [-0.3, -0.25) is 4.79 Å². The fraction of sp³-hybridized carbons (Fsp3) is 0.429. The van der Waals surface area contributed by atoms with E-state index in [0.717, 1.165) is 0 Å². The van der Waals surface area contributed by atoms with Gasteiger partial charge in [-0.25, -0.2) is 9.18 Å². The van der Waals surface area contributed by atoms with E-state index in [4.69, 9.17) is 10.8 Å². The number of piperidine rings is 1. The number of carbonyl (C=O) groups is 2. The highest BCUT2D eigenvalue weighted by molar-refractivity contribution is 5.89. The molecule has 7 heteroatoms. The molecule has 2 rings (SSSR count). The maximum Gasteiger partial charge on any atom is 0.407 e. The second-order valence-corrected chi connectivity index (χ2v) is 5.35. The summed E-state index contributed by atoms with van der Waals surface area (Å²) >= 11 is 0. The summed E-state index contributed by atoms with van der Waals surface area (Å²) in [5.41, 5.74) is 5.09. The third-order valence-corrected chi connectivity index (χ3v) is 4.03. The fourth-order valence-electron chi connectivity index (χ4n) is 2.71. The number of halogens is 1. The Labute approximate surface area is 121 Å². The van der Waals surface area contributed by atoms with Gasteiger partial charge in [0.1, 0.15) is 11.4 Å². The van der Waals surface area contributed by atoms with Gasteiger partial charge in [0.15, 0.2) is 0 Å². The van der Waals surface area contributed by atoms with Crippen LogP contribution in [0.2, 0.25) is 0 Å². The molecule has 1 aromatic carbocycles. The van der Waals surface area contributed by atoms with Gasteiger partial charge in [0.25, 0.3) is 0 Å². The van der Waals surface area contributed by atoms with Gasteiger partial charge in [0.2, 0.25) is 5.91 Å². The van der Waals surface area contributed by atoms with Crippen LogP contribution in [0.3, 0.4) is 0 Å². The molecule has 1 aromatic rings. The number of carboxylic acid groups (broad SMARTS) is 1. The summed E-state index contributed by atoms with van der Waals surface area (Å²) in [4.78, 5) is 24.2. The van der Waals surface area contributed by atoms with E-state index >= 15 is 0 Å². The second kappa shape index (κ2) is 5.59. The van der Waals surface area contributed by atoms with Gasteiger partial charge >= 0.3 is 6.09 Å². The minimum Gasteiger partial charge on any atom is -0.465 e. The Morgan fingerprint density at radius 1 is 1.43 bits per heavy atom. The maximum absolute atomic E-state index is 12.9. The largest absolute Gasteiger partial charge is 0.465 e. The van der Waals surface area contributed by atoms with Gasteiger partial charge < -0.3 is 21.1 Å². The number of primary amides is 1. The zero-order valence-corrected chi connectivity index (χ0v) is 11.7. The number of nitrogens with one attached hydrogen (secondary N) is 1. The Bertz CT molecular complexity index is 549. The van der Waals surface area contributed by atoms with Crippen LogP contribution in [0.25, 0.3) is 0 Å². The standard InChI is InChI=1S/C14H18FN3O3/c1-9-8-18(13(20)21)7-6-14(9,12(16)19)17-11-4-2-10(15)3-5-11/h2-5,9,17H,6-8H2,1H3,(H2,16,19)(H,20,21). The summed E-state index contributed by atoms with van der Waals surface area (Å²) in [6, 6.07) is 5.62. The SMILES string of the molecule is CC1CN(C(=O)O)CCC1(Nc1ccc(F)cc1)C(N)=O. The Hall–Kier alpha value is -2.31. The van der Waals surface area contributed by atoms with Crippen LogP contribution in [0.15, 0.2) is 24.3 Å². The Kier molecular flexibility index (Phi) is 4.02. The molecule has 2 atom stereocenters. The molecule has 2 unspecified atom stereocenters. The van der Waals surface area contributed by atoms with Crippen molar-refractivity contribution in [1.29, 1.82) is 0 Å². The molecule has 0 bridgehead atoms. The first-order valence-corrected chi connectivity index (χ1v) is 6.66. The Balaban J connectivity index is 2.23. The van der Waals surface area contributed by atoms with Gasteiger partial charge in [-0.1, -0.05) is 6.92 Å². The molecule has 1 heterocycles. The van der Waals surface area contributed by atoms with Crippen molar-refractivity contribution in [3.05, 3.63) is 30.1 Å². The lowest BCUT2D eigenvalue weighted by molar-refractivity contribution is -0.125. The monoisotopic (exact) mass is 295 g/mol. The van der Waals surface area contributed by atoms with E-state index < -0.39 is 17.5 Å². The van der Waals surface area contributed by atoms with E-state index in [9.17, 15) is 14.0 Å². The average Bonchev–Trinajstić information content (AvgIpc) is 2.43. The maximum atomic E-state index is 12.9. The van der Waals surface area contributed by atoms with Crippen molar-refractivity contribution in [2.75, 3.05) is 18.4 Å². The van der Waals surface area contributed by atoms with E-state index in [-0.39, 0.29) is 31.2 Å². The minimum absolute atomic E-state index is 0.215. The van der Waals surface area contributed by atoms with Gasteiger partial charge in [0.05, 0.1) is 0 Å². The number of hydrogen-bond acceptors (Lipinski definition) is 3. The van der Waals surface area contributed by atoms with E-state index in [0.29, 0.717) is 5.69 Å². The number of benzene rings is 1. The number of carbonyl (C=O) groups excluding carboxylic acids is 1. The van der Waals surface area contributed by atoms with Crippen LogP contribution in [-0.2, 0) is 4.79 Å². The molecular formula is C14H18FN3O3. The quantitative estimate of drug-likeness (QED) is 0.787. The predicted octanol–water partition coefficient (Wildman–Crippen LogP) is 1.48. The van der Waals surface area contributed by atoms with Crippen molar-refractivity contribution in [2.45, 2.75) is 18.9 Å². The van der Waals surface area contributed by atoms with E-state index in [1.807, 2.05) is 0 Å². The van der Waals surface area contributed by atoms with Crippen LogP contribution < -0.4 is 11.1 Å². The fourth-order valence-corrected chi connectivity index (χ4v) is 2.71. The first-order valence-electron chi connectivity index (χ1n) is 6.66. The van der Waals surface area contributed by atoms with Gasteiger partial charge in [0, 0.05) is 24.7 Å². The lowest BCUT2D eigenvalue weighted by atomic mass is 9.78. The summed E-state index contributed by atoms with van der Waals surface area (Å²) in [5, 5.41) is 12.1. The molecule has 1 aliphatic heterocycles. The van der Waals surface area contributed by atoms with Crippen molar-refractivity contribution in [2.24, 2.45) is 11.7 Å². The average molecular weight is 295 g/mol. The third-order valence-electron chi connectivity index (χ3n) is 4.03. The number of hydrogen-bond donors (Lipinski definition) is 3. The topological polar surface area (TPSA) is 95.7 Å². The van der Waals surface area contributed by atoms with Crippen LogP contribution in [0.1, 0.15) is 13.3 Å². The van der Waals surface area contributed by atoms with Crippen molar-refractivity contribution in [3.63, 3.8) is 0 Å². The number of rotatable bonds is 3. The first-order chi connectivity index (χ1) is 9.85. The molecule has 6 nitrogen and oxygen atoms in total. The van der Waals surface area contributed by atoms with E-state index in [2.05, 4.69) is 5.32 Å². The van der Waals surface area contributed by atoms with Crippen molar-refractivity contribution in [3.8, 4) is 0 Å². The van der Waals surface area contributed by atoms with Crippen LogP contribution in [0.4, 0.5) is 14.9 Å². The normalized spacial score (nSPS) is 25.4.